The first-order valence-corrected chi connectivity index (χ1v) is 16.2. The summed E-state index contributed by atoms with van der Waals surface area (Å²) >= 11 is 0. The molecule has 0 N–H and O–H groups in total. The zero-order valence-electron chi connectivity index (χ0n) is 22.0. The number of carbonyl (C=O) groups is 1. The molecule has 0 aliphatic carbocycles. The molecule has 0 bridgehead atoms. The minimum absolute atomic E-state index is 0.0880. The predicted molar refractivity (Wildman–Crippen MR) is 139 cm³/mol. The molecule has 1 aromatic carbocycles. The molecule has 1 aliphatic heterocycles. The third kappa shape index (κ3) is 6.30. The van der Waals surface area contributed by atoms with Crippen LogP contribution < -0.4 is 4.90 Å². The Hall–Kier alpha value is -3.09. The van der Waals surface area contributed by atoms with Gasteiger partial charge in [-0.15, -0.1) is 0 Å². The fourth-order valence-electron chi connectivity index (χ4n) is 4.51. The van der Waals surface area contributed by atoms with Gasteiger partial charge in [0, 0.05) is 45.4 Å². The molecule has 3 heterocycles. The Morgan fingerprint density at radius 1 is 1.13 bits per heavy atom. The number of anilines is 1. The van der Waals surface area contributed by atoms with E-state index >= 15 is 0 Å². The fourth-order valence-corrected chi connectivity index (χ4v) is 5.26. The zero-order chi connectivity index (χ0) is 27.4. The Morgan fingerprint density at radius 3 is 2.50 bits per heavy atom. The number of benzene rings is 1. The Bertz CT molecular complexity index is 1260. The van der Waals surface area contributed by atoms with Crippen LogP contribution in [-0.2, 0) is 34.0 Å². The van der Waals surface area contributed by atoms with Crippen molar-refractivity contribution in [3.05, 3.63) is 59.2 Å². The van der Waals surface area contributed by atoms with Gasteiger partial charge in [-0.1, -0.05) is 19.6 Å². The van der Waals surface area contributed by atoms with E-state index in [9.17, 15) is 18.0 Å². The number of nitrogens with zero attached hydrogens (tertiary/aromatic N) is 5. The summed E-state index contributed by atoms with van der Waals surface area (Å²) in [6, 6.07) is 4.67. The summed E-state index contributed by atoms with van der Waals surface area (Å²) in [6.45, 7) is 8.15. The van der Waals surface area contributed by atoms with Gasteiger partial charge < -0.3 is 9.47 Å². The van der Waals surface area contributed by atoms with E-state index in [1.165, 1.54) is 0 Å². The van der Waals surface area contributed by atoms with Crippen molar-refractivity contribution >= 4 is 19.8 Å². The quantitative estimate of drug-likeness (QED) is 0.195. The van der Waals surface area contributed by atoms with E-state index in [0.29, 0.717) is 36.6 Å². The van der Waals surface area contributed by atoms with Crippen LogP contribution >= 0.6 is 0 Å². The maximum atomic E-state index is 13.7. The third-order valence-electron chi connectivity index (χ3n) is 6.48. The Morgan fingerprint density at radius 2 is 1.87 bits per heavy atom. The second-order valence-electron chi connectivity index (χ2n) is 10.6. The van der Waals surface area contributed by atoms with Gasteiger partial charge in [-0.05, 0) is 42.6 Å². The van der Waals surface area contributed by atoms with E-state index in [2.05, 4.69) is 29.8 Å². The first kappa shape index (κ1) is 27.9. The van der Waals surface area contributed by atoms with Crippen LogP contribution in [0.4, 0.5) is 19.0 Å². The van der Waals surface area contributed by atoms with Crippen molar-refractivity contribution < 1.29 is 27.4 Å². The highest BCUT2D eigenvalue weighted by Crippen LogP contribution is 2.36. The van der Waals surface area contributed by atoms with E-state index in [0.717, 1.165) is 23.7 Å². The van der Waals surface area contributed by atoms with Crippen molar-refractivity contribution in [1.82, 2.24) is 20.0 Å². The Balaban J connectivity index is 1.63. The summed E-state index contributed by atoms with van der Waals surface area (Å²) in [5.41, 5.74) is 2.38. The van der Waals surface area contributed by atoms with Crippen molar-refractivity contribution in [1.29, 1.82) is 0 Å². The van der Waals surface area contributed by atoms with E-state index in [1.807, 2.05) is 0 Å². The molecule has 3 aromatic rings. The second-order valence-corrected chi connectivity index (χ2v) is 16.2. The van der Waals surface area contributed by atoms with Gasteiger partial charge in [-0.25, -0.2) is 17.9 Å². The van der Waals surface area contributed by atoms with Gasteiger partial charge in [0.1, 0.15) is 6.73 Å². The number of rotatable bonds is 11. The zero-order valence-corrected chi connectivity index (χ0v) is 23.0. The number of methoxy groups -OCH3 is 1. The first-order valence-electron chi connectivity index (χ1n) is 12.5. The van der Waals surface area contributed by atoms with Gasteiger partial charge in [-0.3, -0.25) is 9.69 Å². The van der Waals surface area contributed by atoms with Crippen LogP contribution in [0, 0.1) is 23.4 Å². The summed E-state index contributed by atoms with van der Waals surface area (Å²) < 4.78 is 54.0. The number of aromatic nitrogens is 4. The highest BCUT2D eigenvalue weighted by molar-refractivity contribution is 6.76. The first-order chi connectivity index (χ1) is 18.1. The number of hydrogen-bond acceptors (Lipinski definition) is 6. The molecule has 2 aromatic heterocycles. The minimum Gasteiger partial charge on any atom is -0.380 e. The van der Waals surface area contributed by atoms with E-state index in [1.54, 1.807) is 35.2 Å². The Labute approximate surface area is 220 Å². The van der Waals surface area contributed by atoms with Crippen LogP contribution in [-0.4, -0.2) is 54.2 Å². The van der Waals surface area contributed by atoms with Gasteiger partial charge in [0.2, 0.25) is 5.91 Å². The largest absolute Gasteiger partial charge is 0.380 e. The number of halogens is 3. The van der Waals surface area contributed by atoms with Gasteiger partial charge >= 0.3 is 0 Å². The topological polar surface area (TPSA) is 82.4 Å². The average molecular weight is 548 g/mol. The predicted octanol–water partition coefficient (Wildman–Crippen LogP) is 4.81. The molecule has 1 amide bonds. The molecule has 204 valence electrons. The molecular formula is C26H32F3N5O3Si. The van der Waals surface area contributed by atoms with Gasteiger partial charge in [-0.2, -0.15) is 15.3 Å². The van der Waals surface area contributed by atoms with Gasteiger partial charge in [0.25, 0.3) is 0 Å². The van der Waals surface area contributed by atoms with Gasteiger partial charge in [0.15, 0.2) is 23.3 Å². The molecule has 1 aliphatic rings. The minimum atomic E-state index is -1.52. The fraction of sp³-hybridized carbons (Fsp3) is 0.462. The molecule has 12 heteroatoms. The van der Waals surface area contributed by atoms with Crippen molar-refractivity contribution in [2.24, 2.45) is 5.92 Å². The number of hydrogen-bond donors (Lipinski definition) is 0. The van der Waals surface area contributed by atoms with Crippen molar-refractivity contribution in [2.45, 2.75) is 51.9 Å². The van der Waals surface area contributed by atoms with Gasteiger partial charge in [0.05, 0.1) is 24.7 Å². The lowest BCUT2D eigenvalue weighted by Crippen LogP contribution is -2.29. The SMILES string of the molecule is COCc1c(N2CCC(Cc3cc(F)c(F)c(F)c3)C2=O)nn(COCC[Si](C)(C)C)c1-c1ccnnc1. The summed E-state index contributed by atoms with van der Waals surface area (Å²) in [6.07, 6.45) is 3.74. The summed E-state index contributed by atoms with van der Waals surface area (Å²) in [5, 5.41) is 12.6. The van der Waals surface area contributed by atoms with Crippen molar-refractivity contribution in [2.75, 3.05) is 25.2 Å². The maximum Gasteiger partial charge on any atom is 0.231 e. The lowest BCUT2D eigenvalue weighted by atomic mass is 9.98. The normalized spacial score (nSPS) is 16.0. The smallest absolute Gasteiger partial charge is 0.231 e. The standard InChI is InChI=1S/C26H32F3N5O3Si/c1-36-15-20-24(19-5-7-30-31-14-19)34(16-37-9-10-38(2,3)4)32-25(20)33-8-6-18(26(33)35)11-17-12-21(27)23(29)22(28)13-17/h5,7,12-14,18H,6,8-11,15-16H2,1-4H3. The summed E-state index contributed by atoms with van der Waals surface area (Å²) in [4.78, 5) is 15.0. The van der Waals surface area contributed by atoms with Crippen molar-refractivity contribution in [3.8, 4) is 11.3 Å². The lowest BCUT2D eigenvalue weighted by molar-refractivity contribution is -0.120. The van der Waals surface area contributed by atoms with Crippen LogP contribution in [0.1, 0.15) is 17.5 Å². The number of carbonyl (C=O) groups excluding carboxylic acids is 1. The highest BCUT2D eigenvalue weighted by Gasteiger charge is 2.37. The Kier molecular flexibility index (Phi) is 8.63. The average Bonchev–Trinajstić information content (AvgIpc) is 3.40. The van der Waals surface area contributed by atoms with Crippen LogP contribution in [0.15, 0.2) is 30.6 Å². The molecule has 4 rings (SSSR count). The van der Waals surface area contributed by atoms with Crippen LogP contribution in [0.2, 0.25) is 25.7 Å². The monoisotopic (exact) mass is 547 g/mol. The molecule has 1 saturated heterocycles. The molecule has 0 saturated carbocycles. The highest BCUT2D eigenvalue weighted by atomic mass is 28.3. The molecule has 8 nitrogen and oxygen atoms in total. The summed E-state index contributed by atoms with van der Waals surface area (Å²) in [7, 11) is 0.276. The summed E-state index contributed by atoms with van der Waals surface area (Å²) in [5.74, 6) is -4.37. The van der Waals surface area contributed by atoms with Crippen molar-refractivity contribution in [3.63, 3.8) is 0 Å². The molecule has 38 heavy (non-hydrogen) atoms. The number of ether oxygens (including phenoxy) is 2. The molecule has 1 fully saturated rings. The van der Waals surface area contributed by atoms with E-state index in [4.69, 9.17) is 14.6 Å². The molecule has 1 atom stereocenters. The molecule has 0 radical (unpaired) electrons. The van der Waals surface area contributed by atoms with Crippen LogP contribution in [0.25, 0.3) is 11.3 Å². The lowest BCUT2D eigenvalue weighted by Gasteiger charge is -2.16. The van der Waals surface area contributed by atoms with Crippen LogP contribution in [0.3, 0.4) is 0 Å². The number of amides is 1. The van der Waals surface area contributed by atoms with E-state index in [-0.39, 0.29) is 31.2 Å². The maximum absolute atomic E-state index is 13.7. The molecule has 0 spiro atoms. The third-order valence-corrected chi connectivity index (χ3v) is 8.19. The second kappa shape index (κ2) is 11.7. The van der Waals surface area contributed by atoms with Crippen LogP contribution in [0.5, 0.6) is 0 Å². The molecule has 1 unspecified atom stereocenters. The molecular weight excluding hydrogens is 515 g/mol. The van der Waals surface area contributed by atoms with E-state index < -0.39 is 31.4 Å².